The van der Waals surface area contributed by atoms with Gasteiger partial charge in [0.25, 0.3) is 0 Å². The largest absolute Gasteiger partial charge is 0.481 e. The average Bonchev–Trinajstić information content (AvgIpc) is 2.48. The van der Waals surface area contributed by atoms with E-state index in [2.05, 4.69) is 11.4 Å². The van der Waals surface area contributed by atoms with Crippen LogP contribution >= 0.6 is 0 Å². The third-order valence-electron chi connectivity index (χ3n) is 4.38. The molecular weight excluding hydrogens is 268 g/mol. The van der Waals surface area contributed by atoms with Crippen molar-refractivity contribution in [2.75, 3.05) is 19.6 Å². The van der Waals surface area contributed by atoms with Crippen LogP contribution in [0.4, 0.5) is 4.79 Å². The van der Waals surface area contributed by atoms with Gasteiger partial charge in [0.1, 0.15) is 0 Å². The Morgan fingerprint density at radius 2 is 2.19 bits per heavy atom. The summed E-state index contributed by atoms with van der Waals surface area (Å²) in [6.07, 6.45) is 10.1. The maximum absolute atomic E-state index is 12.1. The van der Waals surface area contributed by atoms with Crippen molar-refractivity contribution in [1.82, 2.24) is 10.2 Å². The van der Waals surface area contributed by atoms with E-state index in [1.807, 2.05) is 0 Å². The third kappa shape index (κ3) is 5.40. The summed E-state index contributed by atoms with van der Waals surface area (Å²) < 4.78 is 0. The fourth-order valence-corrected chi connectivity index (χ4v) is 3.24. The lowest BCUT2D eigenvalue weighted by molar-refractivity contribution is -0.138. The summed E-state index contributed by atoms with van der Waals surface area (Å²) >= 11 is 0. The maximum atomic E-state index is 12.1. The molecule has 1 unspecified atom stereocenters. The van der Waals surface area contributed by atoms with Gasteiger partial charge in [-0.3, -0.25) is 4.79 Å². The Hall–Kier alpha value is -1.52. The number of aliphatic carboxylic acids is 1. The Balaban J connectivity index is 1.69. The van der Waals surface area contributed by atoms with Crippen molar-refractivity contribution in [2.45, 2.75) is 51.4 Å². The van der Waals surface area contributed by atoms with Gasteiger partial charge in [0.15, 0.2) is 0 Å². The minimum Gasteiger partial charge on any atom is -0.481 e. The lowest BCUT2D eigenvalue weighted by atomic mass is 9.95. The Morgan fingerprint density at radius 3 is 2.90 bits per heavy atom. The van der Waals surface area contributed by atoms with Gasteiger partial charge in [0, 0.05) is 26.1 Å². The molecular formula is C16H26N2O3. The van der Waals surface area contributed by atoms with Crippen LogP contribution in [0.25, 0.3) is 0 Å². The van der Waals surface area contributed by atoms with Crippen LogP contribution in [0.3, 0.4) is 0 Å². The van der Waals surface area contributed by atoms with Crippen molar-refractivity contribution in [2.24, 2.45) is 5.92 Å². The van der Waals surface area contributed by atoms with E-state index in [1.165, 1.54) is 31.3 Å². The normalized spacial score (nSPS) is 22.6. The maximum Gasteiger partial charge on any atom is 0.317 e. The summed E-state index contributed by atoms with van der Waals surface area (Å²) in [5, 5.41) is 11.8. The number of allylic oxidation sites excluding steroid dienone is 1. The van der Waals surface area contributed by atoms with Crippen LogP contribution in [-0.2, 0) is 4.79 Å². The van der Waals surface area contributed by atoms with Crippen molar-refractivity contribution in [3.05, 3.63) is 11.6 Å². The number of amides is 2. The zero-order valence-corrected chi connectivity index (χ0v) is 12.6. The van der Waals surface area contributed by atoms with Crippen LogP contribution in [-0.4, -0.2) is 41.6 Å². The zero-order valence-electron chi connectivity index (χ0n) is 12.6. The SMILES string of the molecule is O=C(O)CC1CCCN(C(=O)NCCC2=CCCCC2)C1. The topological polar surface area (TPSA) is 69.6 Å². The van der Waals surface area contributed by atoms with Gasteiger partial charge < -0.3 is 15.3 Å². The first kappa shape index (κ1) is 15.9. The molecule has 1 aliphatic carbocycles. The molecule has 1 fully saturated rings. The molecule has 21 heavy (non-hydrogen) atoms. The summed E-state index contributed by atoms with van der Waals surface area (Å²) in [4.78, 5) is 24.7. The van der Waals surface area contributed by atoms with Gasteiger partial charge in [-0.1, -0.05) is 11.6 Å². The Morgan fingerprint density at radius 1 is 1.33 bits per heavy atom. The Bertz CT molecular complexity index is 406. The number of nitrogens with one attached hydrogen (secondary N) is 1. The van der Waals surface area contributed by atoms with E-state index in [1.54, 1.807) is 4.90 Å². The van der Waals surface area contributed by atoms with Gasteiger partial charge in [-0.25, -0.2) is 4.79 Å². The van der Waals surface area contributed by atoms with Crippen LogP contribution in [0.5, 0.6) is 0 Å². The highest BCUT2D eigenvalue weighted by atomic mass is 16.4. The molecule has 0 aromatic rings. The van der Waals surface area contributed by atoms with Gasteiger partial charge >= 0.3 is 12.0 Å². The lowest BCUT2D eigenvalue weighted by Crippen LogP contribution is -2.46. The van der Waals surface area contributed by atoms with Crippen LogP contribution in [0.2, 0.25) is 0 Å². The van der Waals surface area contributed by atoms with E-state index in [0.29, 0.717) is 13.1 Å². The quantitative estimate of drug-likeness (QED) is 0.766. The number of urea groups is 1. The molecule has 2 aliphatic rings. The predicted octanol–water partition coefficient (Wildman–Crippen LogP) is 2.77. The van der Waals surface area contributed by atoms with Gasteiger partial charge in [0.2, 0.25) is 0 Å². The number of rotatable bonds is 5. The van der Waals surface area contributed by atoms with Crippen LogP contribution in [0, 0.1) is 5.92 Å². The highest BCUT2D eigenvalue weighted by molar-refractivity contribution is 5.74. The molecule has 0 radical (unpaired) electrons. The highest BCUT2D eigenvalue weighted by Crippen LogP contribution is 2.21. The van der Waals surface area contributed by atoms with Gasteiger partial charge in [-0.05, 0) is 50.9 Å². The number of carboxylic acid groups (broad SMARTS) is 1. The van der Waals surface area contributed by atoms with Crippen molar-refractivity contribution in [1.29, 1.82) is 0 Å². The second-order valence-corrected chi connectivity index (χ2v) is 6.14. The minimum atomic E-state index is -0.772. The number of piperidine rings is 1. The highest BCUT2D eigenvalue weighted by Gasteiger charge is 2.24. The first-order chi connectivity index (χ1) is 10.1. The first-order valence-corrected chi connectivity index (χ1v) is 8.07. The fraction of sp³-hybridized carbons (Fsp3) is 0.750. The van der Waals surface area contributed by atoms with E-state index in [-0.39, 0.29) is 18.4 Å². The van der Waals surface area contributed by atoms with Crippen LogP contribution < -0.4 is 5.32 Å². The van der Waals surface area contributed by atoms with Gasteiger partial charge in [-0.2, -0.15) is 0 Å². The van der Waals surface area contributed by atoms with Crippen LogP contribution in [0.15, 0.2) is 11.6 Å². The van der Waals surface area contributed by atoms with Gasteiger partial charge in [-0.15, -0.1) is 0 Å². The molecule has 1 aliphatic heterocycles. The van der Waals surface area contributed by atoms with E-state index in [9.17, 15) is 9.59 Å². The molecule has 1 saturated heterocycles. The van der Waals surface area contributed by atoms with Gasteiger partial charge in [0.05, 0.1) is 0 Å². The monoisotopic (exact) mass is 294 g/mol. The predicted molar refractivity (Wildman–Crippen MR) is 81.1 cm³/mol. The standard InChI is InChI=1S/C16H26N2O3/c19-15(20)11-14-7-4-10-18(12-14)16(21)17-9-8-13-5-2-1-3-6-13/h5,14H,1-4,6-12H2,(H,17,21)(H,19,20). The molecule has 2 rings (SSSR count). The van der Waals surface area contributed by atoms with Crippen molar-refractivity contribution in [3.63, 3.8) is 0 Å². The number of likely N-dealkylation sites (tertiary alicyclic amines) is 1. The number of hydrogen-bond acceptors (Lipinski definition) is 2. The van der Waals surface area contributed by atoms with Crippen molar-refractivity contribution >= 4 is 12.0 Å². The molecule has 2 amide bonds. The molecule has 5 heteroatoms. The molecule has 5 nitrogen and oxygen atoms in total. The molecule has 0 aromatic carbocycles. The minimum absolute atomic E-state index is 0.0403. The second-order valence-electron chi connectivity index (χ2n) is 6.14. The molecule has 1 heterocycles. The Labute approximate surface area is 126 Å². The number of nitrogens with zero attached hydrogens (tertiary/aromatic N) is 1. The van der Waals surface area contributed by atoms with E-state index >= 15 is 0 Å². The lowest BCUT2D eigenvalue weighted by Gasteiger charge is -2.32. The second kappa shape index (κ2) is 8.05. The Kier molecular flexibility index (Phi) is 6.08. The molecule has 0 bridgehead atoms. The summed E-state index contributed by atoms with van der Waals surface area (Å²) in [7, 11) is 0. The summed E-state index contributed by atoms with van der Waals surface area (Å²) in [6, 6.07) is -0.0403. The molecule has 0 spiro atoms. The van der Waals surface area contributed by atoms with E-state index in [4.69, 9.17) is 5.11 Å². The van der Waals surface area contributed by atoms with Crippen LogP contribution in [0.1, 0.15) is 51.4 Å². The van der Waals surface area contributed by atoms with Crippen molar-refractivity contribution in [3.8, 4) is 0 Å². The number of hydrogen-bond donors (Lipinski definition) is 2. The third-order valence-corrected chi connectivity index (χ3v) is 4.38. The number of carbonyl (C=O) groups is 2. The van der Waals surface area contributed by atoms with E-state index < -0.39 is 5.97 Å². The van der Waals surface area contributed by atoms with Crippen molar-refractivity contribution < 1.29 is 14.7 Å². The summed E-state index contributed by atoms with van der Waals surface area (Å²) in [6.45, 7) is 2.00. The molecule has 2 N–H and O–H groups in total. The summed E-state index contributed by atoms with van der Waals surface area (Å²) in [5.74, 6) is -0.672. The molecule has 0 aromatic heterocycles. The smallest absolute Gasteiger partial charge is 0.317 e. The first-order valence-electron chi connectivity index (χ1n) is 8.07. The molecule has 118 valence electrons. The summed E-state index contributed by atoms with van der Waals surface area (Å²) in [5.41, 5.74) is 1.46. The molecule has 1 atom stereocenters. The van der Waals surface area contributed by atoms with E-state index in [0.717, 1.165) is 25.8 Å². The number of carboxylic acids is 1. The zero-order chi connectivity index (χ0) is 15.1. The number of carbonyl (C=O) groups excluding carboxylic acids is 1. The molecule has 0 saturated carbocycles. The average molecular weight is 294 g/mol. The fourth-order valence-electron chi connectivity index (χ4n) is 3.24.